The Morgan fingerprint density at radius 3 is 0.711 bits per heavy atom. The predicted octanol–water partition coefficient (Wildman–Crippen LogP) is 9.67. The van der Waals surface area contributed by atoms with Crippen molar-refractivity contribution in [1.82, 2.24) is 0 Å². The highest BCUT2D eigenvalue weighted by Gasteiger charge is 2.39. The van der Waals surface area contributed by atoms with E-state index in [4.69, 9.17) is 0 Å². The molecule has 0 saturated heterocycles. The van der Waals surface area contributed by atoms with Crippen molar-refractivity contribution in [2.24, 2.45) is 0 Å². The third-order valence-corrected chi connectivity index (χ3v) is 7.85. The average molecular weight is 505 g/mol. The highest BCUT2D eigenvalue weighted by atomic mass is 16.3. The van der Waals surface area contributed by atoms with Crippen molar-refractivity contribution >= 4 is 0 Å². The summed E-state index contributed by atoms with van der Waals surface area (Å²) in [6.45, 7) is 20.3. The lowest BCUT2D eigenvalue weighted by Gasteiger charge is -2.38. The molecule has 0 bridgehead atoms. The topological polar surface area (TPSA) is 20.2 Å². The van der Waals surface area contributed by atoms with Gasteiger partial charge in [0.2, 0.25) is 0 Å². The van der Waals surface area contributed by atoms with Crippen LogP contribution < -0.4 is 0 Å². The molecule has 0 saturated carbocycles. The van der Waals surface area contributed by atoms with Gasteiger partial charge in [-0.3, -0.25) is 0 Å². The zero-order chi connectivity index (χ0) is 27.9. The van der Waals surface area contributed by atoms with Crippen molar-refractivity contribution in [2.45, 2.75) is 84.0 Å². The largest absolute Gasteiger partial charge is 0.508 e. The van der Waals surface area contributed by atoms with Crippen LogP contribution >= 0.6 is 0 Å². The number of aromatic hydroxyl groups is 1. The maximum atomic E-state index is 10.2. The lowest BCUT2D eigenvalue weighted by molar-refractivity contribution is 0.474. The minimum Gasteiger partial charge on any atom is -0.508 e. The van der Waals surface area contributed by atoms with E-state index in [1.165, 1.54) is 33.4 Å². The summed E-state index contributed by atoms with van der Waals surface area (Å²) < 4.78 is 0. The molecule has 4 aromatic carbocycles. The highest BCUT2D eigenvalue weighted by Crippen LogP contribution is 2.46. The SMILES string of the molecule is CC(C)(C)c1ccc(C(c2ccc(O)cc2)(c2ccc(C(C)(C)C)cc2)c2ccc(C(C)(C)C)cc2)cc1. The molecule has 0 radical (unpaired) electrons. The summed E-state index contributed by atoms with van der Waals surface area (Å²) in [6, 6.07) is 35.2. The summed E-state index contributed by atoms with van der Waals surface area (Å²) in [7, 11) is 0. The van der Waals surface area contributed by atoms with Crippen LogP contribution in [-0.4, -0.2) is 5.11 Å². The second-order valence-corrected chi connectivity index (χ2v) is 13.8. The van der Waals surface area contributed by atoms with Gasteiger partial charge in [0.25, 0.3) is 0 Å². The van der Waals surface area contributed by atoms with Crippen LogP contribution in [0, 0.1) is 0 Å². The van der Waals surface area contributed by atoms with Crippen LogP contribution in [0.25, 0.3) is 0 Å². The number of hydrogen-bond donors (Lipinski definition) is 1. The predicted molar refractivity (Wildman–Crippen MR) is 163 cm³/mol. The van der Waals surface area contributed by atoms with E-state index in [-0.39, 0.29) is 22.0 Å². The van der Waals surface area contributed by atoms with E-state index >= 15 is 0 Å². The third kappa shape index (κ3) is 5.30. The molecule has 0 aromatic heterocycles. The molecule has 1 nitrogen and oxygen atoms in total. The summed E-state index contributed by atoms with van der Waals surface area (Å²) >= 11 is 0. The first-order valence-corrected chi connectivity index (χ1v) is 13.8. The summed E-state index contributed by atoms with van der Waals surface area (Å²) in [5.41, 5.74) is 8.37. The quantitative estimate of drug-likeness (QED) is 0.274. The molecule has 1 N–H and O–H groups in total. The Bertz CT molecular complexity index is 1210. The molecular formula is C37H44O. The molecule has 0 aliphatic carbocycles. The fourth-order valence-corrected chi connectivity index (χ4v) is 5.37. The van der Waals surface area contributed by atoms with Gasteiger partial charge in [-0.1, -0.05) is 147 Å². The van der Waals surface area contributed by atoms with E-state index in [2.05, 4.69) is 147 Å². The van der Waals surface area contributed by atoms with Crippen LogP contribution in [0.5, 0.6) is 5.75 Å². The van der Waals surface area contributed by atoms with Crippen molar-refractivity contribution < 1.29 is 5.11 Å². The van der Waals surface area contributed by atoms with Gasteiger partial charge in [-0.15, -0.1) is 0 Å². The molecule has 1 heteroatoms. The molecule has 198 valence electrons. The Balaban J connectivity index is 2.07. The molecule has 38 heavy (non-hydrogen) atoms. The van der Waals surface area contributed by atoms with Gasteiger partial charge in [0, 0.05) is 0 Å². The maximum Gasteiger partial charge on any atom is 0.115 e. The smallest absolute Gasteiger partial charge is 0.115 e. The van der Waals surface area contributed by atoms with Gasteiger partial charge in [-0.05, 0) is 67.3 Å². The van der Waals surface area contributed by atoms with Gasteiger partial charge in [-0.25, -0.2) is 0 Å². The standard InChI is InChI=1S/C37H44O/c1-34(2,3)26-10-16-29(17-11-26)37(32-22-24-33(38)25-23-32,30-18-12-27(13-19-30)35(4,5)6)31-20-14-28(15-21-31)36(7,8)9/h10-25,38H,1-9H3. The number of phenols is 1. The molecule has 0 fully saturated rings. The molecule has 4 rings (SSSR count). The monoisotopic (exact) mass is 504 g/mol. The van der Waals surface area contributed by atoms with Gasteiger partial charge >= 0.3 is 0 Å². The van der Waals surface area contributed by atoms with E-state index < -0.39 is 5.41 Å². The molecule has 0 aliphatic rings. The van der Waals surface area contributed by atoms with Crippen LogP contribution in [0.2, 0.25) is 0 Å². The van der Waals surface area contributed by atoms with Gasteiger partial charge in [0.05, 0.1) is 5.41 Å². The number of phenolic OH excluding ortho intramolecular Hbond substituents is 1. The van der Waals surface area contributed by atoms with Crippen LogP contribution in [0.4, 0.5) is 0 Å². The Morgan fingerprint density at radius 2 is 0.500 bits per heavy atom. The van der Waals surface area contributed by atoms with Crippen LogP contribution in [0.15, 0.2) is 97.1 Å². The molecule has 0 spiro atoms. The lowest BCUT2D eigenvalue weighted by atomic mass is 9.64. The number of rotatable bonds is 4. The Morgan fingerprint density at radius 1 is 0.316 bits per heavy atom. The maximum absolute atomic E-state index is 10.2. The number of benzene rings is 4. The fourth-order valence-electron chi connectivity index (χ4n) is 5.37. The number of hydrogen-bond acceptors (Lipinski definition) is 1. The minimum atomic E-state index is -0.545. The van der Waals surface area contributed by atoms with Crippen molar-refractivity contribution in [2.75, 3.05) is 0 Å². The first-order valence-electron chi connectivity index (χ1n) is 13.8. The lowest BCUT2D eigenvalue weighted by Crippen LogP contribution is -2.31. The zero-order valence-electron chi connectivity index (χ0n) is 24.7. The van der Waals surface area contributed by atoms with Gasteiger partial charge in [-0.2, -0.15) is 0 Å². The normalized spacial score (nSPS) is 13.0. The van der Waals surface area contributed by atoms with Gasteiger partial charge < -0.3 is 5.11 Å². The highest BCUT2D eigenvalue weighted by molar-refractivity contribution is 5.61. The van der Waals surface area contributed by atoms with Gasteiger partial charge in [0.15, 0.2) is 0 Å². The van der Waals surface area contributed by atoms with Crippen molar-refractivity contribution in [3.05, 3.63) is 136 Å². The fraction of sp³-hybridized carbons (Fsp3) is 0.351. The first kappa shape index (κ1) is 27.7. The van der Waals surface area contributed by atoms with Crippen molar-refractivity contribution in [1.29, 1.82) is 0 Å². The van der Waals surface area contributed by atoms with E-state index in [0.29, 0.717) is 0 Å². The van der Waals surface area contributed by atoms with Crippen molar-refractivity contribution in [3.8, 4) is 5.75 Å². The van der Waals surface area contributed by atoms with E-state index in [0.717, 1.165) is 5.56 Å². The second kappa shape index (κ2) is 9.77. The average Bonchev–Trinajstić information content (AvgIpc) is 2.85. The van der Waals surface area contributed by atoms with E-state index in [9.17, 15) is 5.11 Å². The summed E-state index contributed by atoms with van der Waals surface area (Å²) in [4.78, 5) is 0. The Hall–Kier alpha value is -3.32. The minimum absolute atomic E-state index is 0.0719. The van der Waals surface area contributed by atoms with Crippen molar-refractivity contribution in [3.63, 3.8) is 0 Å². The van der Waals surface area contributed by atoms with E-state index in [1.807, 2.05) is 0 Å². The molecule has 0 atom stereocenters. The molecule has 0 amide bonds. The summed E-state index contributed by atoms with van der Waals surface area (Å²) in [5.74, 6) is 0.275. The molecule has 4 aromatic rings. The molecular weight excluding hydrogens is 460 g/mol. The second-order valence-electron chi connectivity index (χ2n) is 13.8. The first-order chi connectivity index (χ1) is 17.6. The molecule has 0 unspecified atom stereocenters. The van der Waals surface area contributed by atoms with Crippen LogP contribution in [-0.2, 0) is 21.7 Å². The molecule has 0 aliphatic heterocycles. The zero-order valence-corrected chi connectivity index (χ0v) is 24.7. The van der Waals surface area contributed by atoms with Crippen LogP contribution in [0.3, 0.4) is 0 Å². The van der Waals surface area contributed by atoms with E-state index in [1.54, 1.807) is 12.1 Å². The van der Waals surface area contributed by atoms with Crippen LogP contribution in [0.1, 0.15) is 101 Å². The third-order valence-electron chi connectivity index (χ3n) is 7.85. The summed E-state index contributed by atoms with van der Waals surface area (Å²) in [6.07, 6.45) is 0. The van der Waals surface area contributed by atoms with Gasteiger partial charge in [0.1, 0.15) is 5.75 Å². The molecule has 0 heterocycles. The Labute approximate surface area is 230 Å². The summed E-state index contributed by atoms with van der Waals surface area (Å²) in [5, 5.41) is 10.2. The Kier molecular flexibility index (Phi) is 7.12.